The normalized spacial score (nSPS) is 10.3. The zero-order valence-electron chi connectivity index (χ0n) is 12.3. The first-order valence-electron chi connectivity index (χ1n) is 6.57. The molecule has 0 aliphatic heterocycles. The second-order valence-electron chi connectivity index (χ2n) is 4.47. The van der Waals surface area contributed by atoms with Crippen LogP contribution in [0.2, 0.25) is 0 Å². The Labute approximate surface area is 113 Å². The molecule has 0 amide bonds. The molecule has 1 aromatic rings. The molecule has 18 heavy (non-hydrogen) atoms. The molecule has 0 unspecified atom stereocenters. The molecule has 0 aliphatic carbocycles. The molecule has 0 saturated carbocycles. The minimum absolute atomic E-state index is 1.02. The topological polar surface area (TPSA) is 0 Å². The third-order valence-electron chi connectivity index (χ3n) is 2.70. The van der Waals surface area contributed by atoms with Crippen LogP contribution >= 0.6 is 0 Å². The van der Waals surface area contributed by atoms with Crippen LogP contribution < -0.4 is 0 Å². The molecule has 0 aromatic heterocycles. The van der Waals surface area contributed by atoms with E-state index in [-0.39, 0.29) is 0 Å². The van der Waals surface area contributed by atoms with Crippen LogP contribution in [-0.2, 0) is 0 Å². The number of hydrogen-bond donors (Lipinski definition) is 0. The monoisotopic (exact) mass is 242 g/mol. The van der Waals surface area contributed by atoms with Gasteiger partial charge in [-0.3, -0.25) is 0 Å². The number of aryl methyl sites for hydroxylation is 1. The molecule has 0 heteroatoms. The molecule has 0 radical (unpaired) electrons. The third-order valence-corrected chi connectivity index (χ3v) is 2.70. The molecule has 98 valence electrons. The van der Waals surface area contributed by atoms with Gasteiger partial charge >= 0.3 is 0 Å². The number of allylic oxidation sites excluding steroid dienone is 4. The molecular formula is C18H26. The fraction of sp³-hybridized carbons (Fsp3) is 0.333. The molecule has 0 heterocycles. The number of rotatable bonds is 4. The largest absolute Gasteiger partial charge is 0.0958 e. The number of benzene rings is 1. The van der Waals surface area contributed by atoms with Crippen molar-refractivity contribution in [1.29, 1.82) is 0 Å². The average molecular weight is 242 g/mol. The Balaban J connectivity index is 0.000000351. The van der Waals surface area contributed by atoms with Gasteiger partial charge in [-0.2, -0.15) is 0 Å². The third kappa shape index (κ3) is 7.67. The summed E-state index contributed by atoms with van der Waals surface area (Å²) in [5.41, 5.74) is 4.98. The maximum Gasteiger partial charge on any atom is -0.0305 e. The first-order valence-corrected chi connectivity index (χ1v) is 6.57. The lowest BCUT2D eigenvalue weighted by molar-refractivity contribution is 1.08. The van der Waals surface area contributed by atoms with Gasteiger partial charge in [0.1, 0.15) is 0 Å². The molecular weight excluding hydrogens is 216 g/mol. The van der Waals surface area contributed by atoms with Gasteiger partial charge in [-0.1, -0.05) is 80.1 Å². The smallest absolute Gasteiger partial charge is 0.0305 e. The van der Waals surface area contributed by atoms with Gasteiger partial charge in [0, 0.05) is 0 Å². The summed E-state index contributed by atoms with van der Waals surface area (Å²) in [6.07, 6.45) is 4.22. The Hall–Kier alpha value is -1.56. The summed E-state index contributed by atoms with van der Waals surface area (Å²) in [7, 11) is 0. The van der Waals surface area contributed by atoms with Gasteiger partial charge in [0.15, 0.2) is 0 Å². The molecule has 1 aromatic carbocycles. The van der Waals surface area contributed by atoms with Gasteiger partial charge in [0.2, 0.25) is 0 Å². The van der Waals surface area contributed by atoms with E-state index in [9.17, 15) is 0 Å². The first-order chi connectivity index (χ1) is 8.51. The van der Waals surface area contributed by atoms with Gasteiger partial charge in [0.25, 0.3) is 0 Å². The van der Waals surface area contributed by atoms with Gasteiger partial charge in [-0.05, 0) is 32.3 Å². The highest BCUT2D eigenvalue weighted by atomic mass is 14.0. The maximum absolute atomic E-state index is 3.93. The van der Waals surface area contributed by atoms with E-state index in [0.717, 1.165) is 18.4 Å². The van der Waals surface area contributed by atoms with E-state index in [4.69, 9.17) is 0 Å². The summed E-state index contributed by atoms with van der Waals surface area (Å²) in [5.74, 6) is 0. The molecule has 0 N–H and O–H groups in total. The summed E-state index contributed by atoms with van der Waals surface area (Å²) in [6.45, 7) is 16.2. The SMILES string of the molecule is C=C(/C=C(/CC)C(=C)C)CC.Cc1ccccc1. The van der Waals surface area contributed by atoms with Crippen molar-refractivity contribution in [2.45, 2.75) is 40.5 Å². The summed E-state index contributed by atoms with van der Waals surface area (Å²) in [5, 5.41) is 0. The van der Waals surface area contributed by atoms with Crippen LogP contribution in [0.15, 0.2) is 66.3 Å². The van der Waals surface area contributed by atoms with Gasteiger partial charge < -0.3 is 0 Å². The quantitative estimate of drug-likeness (QED) is 0.580. The van der Waals surface area contributed by atoms with Crippen molar-refractivity contribution in [3.05, 3.63) is 71.8 Å². The summed E-state index contributed by atoms with van der Waals surface area (Å²) >= 11 is 0. The van der Waals surface area contributed by atoms with Crippen molar-refractivity contribution >= 4 is 0 Å². The molecule has 0 atom stereocenters. The highest BCUT2D eigenvalue weighted by Crippen LogP contribution is 2.14. The first kappa shape index (κ1) is 16.4. The minimum atomic E-state index is 1.02. The zero-order valence-corrected chi connectivity index (χ0v) is 12.3. The fourth-order valence-corrected chi connectivity index (χ4v) is 1.41. The van der Waals surface area contributed by atoms with E-state index in [1.807, 2.05) is 25.1 Å². The average Bonchev–Trinajstić information content (AvgIpc) is 2.36. The molecule has 1 rings (SSSR count). The maximum atomic E-state index is 3.93. The van der Waals surface area contributed by atoms with E-state index < -0.39 is 0 Å². The van der Waals surface area contributed by atoms with Crippen molar-refractivity contribution in [3.8, 4) is 0 Å². The molecule has 0 aliphatic rings. The Morgan fingerprint density at radius 2 is 1.61 bits per heavy atom. The fourth-order valence-electron chi connectivity index (χ4n) is 1.41. The lowest BCUT2D eigenvalue weighted by atomic mass is 10.0. The minimum Gasteiger partial charge on any atom is -0.0958 e. The second-order valence-corrected chi connectivity index (χ2v) is 4.47. The van der Waals surface area contributed by atoms with Crippen molar-refractivity contribution in [3.63, 3.8) is 0 Å². The summed E-state index contributed by atoms with van der Waals surface area (Å²) in [4.78, 5) is 0. The van der Waals surface area contributed by atoms with E-state index in [1.165, 1.54) is 16.7 Å². The van der Waals surface area contributed by atoms with Gasteiger partial charge in [-0.25, -0.2) is 0 Å². The Morgan fingerprint density at radius 1 is 1.06 bits per heavy atom. The van der Waals surface area contributed by atoms with Crippen molar-refractivity contribution in [1.82, 2.24) is 0 Å². The zero-order chi connectivity index (χ0) is 14.0. The van der Waals surface area contributed by atoms with E-state index >= 15 is 0 Å². The predicted octanol–water partition coefficient (Wildman–Crippen LogP) is 5.86. The van der Waals surface area contributed by atoms with Crippen LogP contribution in [0.1, 0.15) is 39.2 Å². The summed E-state index contributed by atoms with van der Waals surface area (Å²) < 4.78 is 0. The highest BCUT2D eigenvalue weighted by Gasteiger charge is 1.94. The van der Waals surface area contributed by atoms with Crippen LogP contribution in [0, 0.1) is 6.92 Å². The van der Waals surface area contributed by atoms with E-state index in [2.05, 4.69) is 52.1 Å². The number of hydrogen-bond acceptors (Lipinski definition) is 0. The van der Waals surface area contributed by atoms with E-state index in [0.29, 0.717) is 0 Å². The standard InChI is InChI=1S/C11H18.C7H8/c1-6-10(5)8-11(7-2)9(3)4;1-7-5-3-2-4-6-7/h8H,3,5-7H2,1-2,4H3;2-6H,1H3/b11-8-;. The highest BCUT2D eigenvalue weighted by molar-refractivity contribution is 5.32. The van der Waals surface area contributed by atoms with Crippen molar-refractivity contribution in [2.24, 2.45) is 0 Å². The van der Waals surface area contributed by atoms with Crippen LogP contribution in [-0.4, -0.2) is 0 Å². The molecule has 0 fully saturated rings. The van der Waals surface area contributed by atoms with Crippen LogP contribution in [0.4, 0.5) is 0 Å². The van der Waals surface area contributed by atoms with Crippen LogP contribution in [0.3, 0.4) is 0 Å². The van der Waals surface area contributed by atoms with Crippen molar-refractivity contribution < 1.29 is 0 Å². The molecule has 0 bridgehead atoms. The molecule has 0 spiro atoms. The van der Waals surface area contributed by atoms with Gasteiger partial charge in [0.05, 0.1) is 0 Å². The predicted molar refractivity (Wildman–Crippen MR) is 83.8 cm³/mol. The van der Waals surface area contributed by atoms with Crippen LogP contribution in [0.25, 0.3) is 0 Å². The lowest BCUT2D eigenvalue weighted by Crippen LogP contribution is -1.83. The van der Waals surface area contributed by atoms with Gasteiger partial charge in [-0.15, -0.1) is 0 Å². The molecule has 0 saturated heterocycles. The van der Waals surface area contributed by atoms with Crippen molar-refractivity contribution in [2.75, 3.05) is 0 Å². The summed E-state index contributed by atoms with van der Waals surface area (Å²) in [6, 6.07) is 10.3. The van der Waals surface area contributed by atoms with Crippen LogP contribution in [0.5, 0.6) is 0 Å². The van der Waals surface area contributed by atoms with E-state index in [1.54, 1.807) is 0 Å². The lowest BCUT2D eigenvalue weighted by Gasteiger charge is -2.03. The second kappa shape index (κ2) is 9.47. The Kier molecular flexibility index (Phi) is 8.65. The Bertz CT molecular complexity index is 393. The molecule has 0 nitrogen and oxygen atoms in total. The Morgan fingerprint density at radius 3 is 1.89 bits per heavy atom.